The van der Waals surface area contributed by atoms with Gasteiger partial charge in [-0.2, -0.15) is 0 Å². The SMILES string of the molecule is C[C@@H](Sc1nccn1C)C(=O)NC(N)=O. The Morgan fingerprint density at radius 2 is 2.33 bits per heavy atom. The molecule has 0 spiro atoms. The van der Waals surface area contributed by atoms with Gasteiger partial charge >= 0.3 is 6.03 Å². The van der Waals surface area contributed by atoms with Crippen LogP contribution in [0.4, 0.5) is 4.79 Å². The molecular weight excluding hydrogens is 216 g/mol. The standard InChI is InChI=1S/C8H12N4O2S/c1-5(6(13)11-7(9)14)15-8-10-3-4-12(8)2/h3-5H,1-2H3,(H3,9,11,13,14)/t5-/m1/s1. The Labute approximate surface area is 91.2 Å². The highest BCUT2D eigenvalue weighted by Crippen LogP contribution is 2.20. The van der Waals surface area contributed by atoms with Crippen LogP contribution in [0.3, 0.4) is 0 Å². The molecule has 3 amide bonds. The molecule has 0 saturated heterocycles. The molecule has 0 aliphatic heterocycles. The summed E-state index contributed by atoms with van der Waals surface area (Å²) < 4.78 is 1.79. The number of aromatic nitrogens is 2. The molecule has 0 saturated carbocycles. The molecule has 0 bridgehead atoms. The number of nitrogens with two attached hydrogens (primary N) is 1. The smallest absolute Gasteiger partial charge is 0.318 e. The van der Waals surface area contributed by atoms with E-state index in [0.717, 1.165) is 0 Å². The molecular formula is C8H12N4O2S. The maximum atomic E-state index is 11.3. The molecule has 0 aliphatic rings. The first-order chi connectivity index (χ1) is 7.00. The monoisotopic (exact) mass is 228 g/mol. The van der Waals surface area contributed by atoms with Crippen LogP contribution >= 0.6 is 11.8 Å². The van der Waals surface area contributed by atoms with Crippen LogP contribution in [0.1, 0.15) is 6.92 Å². The predicted octanol–water partition coefficient (Wildman–Crippen LogP) is 0.0956. The number of amides is 3. The van der Waals surface area contributed by atoms with E-state index in [9.17, 15) is 9.59 Å². The molecule has 1 aromatic rings. The van der Waals surface area contributed by atoms with Crippen molar-refractivity contribution in [3.63, 3.8) is 0 Å². The van der Waals surface area contributed by atoms with Gasteiger partial charge in [-0.3, -0.25) is 10.1 Å². The summed E-state index contributed by atoms with van der Waals surface area (Å²) in [5.41, 5.74) is 4.83. The molecule has 15 heavy (non-hydrogen) atoms. The van der Waals surface area contributed by atoms with Crippen molar-refractivity contribution >= 4 is 23.7 Å². The lowest BCUT2D eigenvalue weighted by Crippen LogP contribution is -2.39. The van der Waals surface area contributed by atoms with Gasteiger partial charge in [0.2, 0.25) is 5.91 Å². The number of thioether (sulfide) groups is 1. The van der Waals surface area contributed by atoms with Gasteiger partial charge in [0.15, 0.2) is 5.16 Å². The minimum Gasteiger partial charge on any atom is -0.351 e. The van der Waals surface area contributed by atoms with Crippen LogP contribution in [-0.4, -0.2) is 26.7 Å². The second kappa shape index (κ2) is 4.83. The van der Waals surface area contributed by atoms with E-state index in [4.69, 9.17) is 5.73 Å². The first kappa shape index (κ1) is 11.6. The molecule has 0 aliphatic carbocycles. The van der Waals surface area contributed by atoms with Crippen LogP contribution in [0.2, 0.25) is 0 Å². The number of aryl methyl sites for hydroxylation is 1. The second-order valence-corrected chi connectivity index (χ2v) is 4.24. The fourth-order valence-corrected chi connectivity index (χ4v) is 1.73. The average Bonchev–Trinajstić information content (AvgIpc) is 2.50. The fraction of sp³-hybridized carbons (Fsp3) is 0.375. The molecule has 6 nitrogen and oxygen atoms in total. The van der Waals surface area contributed by atoms with Crippen molar-refractivity contribution in [1.29, 1.82) is 0 Å². The summed E-state index contributed by atoms with van der Waals surface area (Å²) in [5, 5.41) is 2.31. The summed E-state index contributed by atoms with van der Waals surface area (Å²) in [6, 6.07) is -0.840. The zero-order valence-electron chi connectivity index (χ0n) is 8.43. The molecule has 0 radical (unpaired) electrons. The third-order valence-corrected chi connectivity index (χ3v) is 2.85. The molecule has 82 valence electrons. The number of nitrogens with one attached hydrogen (secondary N) is 1. The first-order valence-electron chi connectivity index (χ1n) is 4.25. The number of urea groups is 1. The van der Waals surface area contributed by atoms with E-state index in [1.807, 2.05) is 12.4 Å². The van der Waals surface area contributed by atoms with Crippen molar-refractivity contribution in [3.8, 4) is 0 Å². The molecule has 1 heterocycles. The topological polar surface area (TPSA) is 90.0 Å². The van der Waals surface area contributed by atoms with Gasteiger partial charge < -0.3 is 10.3 Å². The van der Waals surface area contributed by atoms with E-state index >= 15 is 0 Å². The minimum absolute atomic E-state index is 0.418. The number of primary amides is 1. The van der Waals surface area contributed by atoms with Gasteiger partial charge in [0.25, 0.3) is 0 Å². The highest BCUT2D eigenvalue weighted by molar-refractivity contribution is 8.00. The number of nitrogens with zero attached hydrogens (tertiary/aromatic N) is 2. The van der Waals surface area contributed by atoms with E-state index in [-0.39, 0.29) is 0 Å². The van der Waals surface area contributed by atoms with Crippen LogP contribution in [0.15, 0.2) is 17.6 Å². The maximum absolute atomic E-state index is 11.3. The number of imide groups is 1. The maximum Gasteiger partial charge on any atom is 0.318 e. The lowest BCUT2D eigenvalue weighted by Gasteiger charge is -2.09. The number of hydrogen-bond acceptors (Lipinski definition) is 4. The van der Waals surface area contributed by atoms with Gasteiger partial charge in [-0.25, -0.2) is 9.78 Å². The van der Waals surface area contributed by atoms with Crippen molar-refractivity contribution in [2.75, 3.05) is 0 Å². The van der Waals surface area contributed by atoms with Gasteiger partial charge in [-0.1, -0.05) is 11.8 Å². The van der Waals surface area contributed by atoms with Crippen LogP contribution in [0.5, 0.6) is 0 Å². The van der Waals surface area contributed by atoms with Gasteiger partial charge in [-0.15, -0.1) is 0 Å². The Morgan fingerprint density at radius 1 is 1.67 bits per heavy atom. The van der Waals surface area contributed by atoms with E-state index in [0.29, 0.717) is 5.16 Å². The van der Waals surface area contributed by atoms with Crippen molar-refractivity contribution in [2.45, 2.75) is 17.3 Å². The van der Waals surface area contributed by atoms with Gasteiger partial charge in [0.1, 0.15) is 0 Å². The van der Waals surface area contributed by atoms with Crippen molar-refractivity contribution < 1.29 is 9.59 Å². The molecule has 1 aromatic heterocycles. The fourth-order valence-electron chi connectivity index (χ4n) is 0.900. The van der Waals surface area contributed by atoms with Gasteiger partial charge in [0.05, 0.1) is 5.25 Å². The molecule has 1 atom stereocenters. The number of carbonyl (C=O) groups is 2. The molecule has 3 N–H and O–H groups in total. The molecule has 0 fully saturated rings. The van der Waals surface area contributed by atoms with E-state index in [1.165, 1.54) is 11.8 Å². The van der Waals surface area contributed by atoms with E-state index < -0.39 is 17.2 Å². The zero-order valence-corrected chi connectivity index (χ0v) is 9.25. The summed E-state index contributed by atoms with van der Waals surface area (Å²) >= 11 is 1.26. The third kappa shape index (κ3) is 3.28. The highest BCUT2D eigenvalue weighted by atomic mass is 32.2. The van der Waals surface area contributed by atoms with Crippen LogP contribution in [0, 0.1) is 0 Å². The third-order valence-electron chi connectivity index (χ3n) is 1.67. The molecule has 1 rings (SSSR count). The Morgan fingerprint density at radius 3 is 2.80 bits per heavy atom. The van der Waals surface area contributed by atoms with Gasteiger partial charge in [-0.05, 0) is 6.92 Å². The Kier molecular flexibility index (Phi) is 3.73. The average molecular weight is 228 g/mol. The Balaban J connectivity index is 2.56. The van der Waals surface area contributed by atoms with Crippen molar-refractivity contribution in [2.24, 2.45) is 12.8 Å². The lowest BCUT2D eigenvalue weighted by atomic mass is 10.4. The normalized spacial score (nSPS) is 12.1. The summed E-state index contributed by atoms with van der Waals surface area (Å²) in [4.78, 5) is 25.8. The number of rotatable bonds is 3. The summed E-state index contributed by atoms with van der Waals surface area (Å²) in [6.45, 7) is 1.68. The number of imidazole rings is 1. The largest absolute Gasteiger partial charge is 0.351 e. The first-order valence-corrected chi connectivity index (χ1v) is 5.13. The Bertz CT molecular complexity index is 376. The highest BCUT2D eigenvalue weighted by Gasteiger charge is 2.17. The molecule has 0 unspecified atom stereocenters. The number of carbonyl (C=O) groups excluding carboxylic acids is 2. The van der Waals surface area contributed by atoms with Crippen molar-refractivity contribution in [1.82, 2.24) is 14.9 Å². The second-order valence-electron chi connectivity index (χ2n) is 2.93. The lowest BCUT2D eigenvalue weighted by molar-refractivity contribution is -0.119. The summed E-state index contributed by atoms with van der Waals surface area (Å²) in [7, 11) is 1.83. The van der Waals surface area contributed by atoms with E-state index in [1.54, 1.807) is 23.9 Å². The molecule has 7 heteroatoms. The molecule has 0 aromatic carbocycles. The minimum atomic E-state index is -0.840. The van der Waals surface area contributed by atoms with Crippen molar-refractivity contribution in [3.05, 3.63) is 12.4 Å². The van der Waals surface area contributed by atoms with Crippen LogP contribution in [-0.2, 0) is 11.8 Å². The Hall–Kier alpha value is -1.50. The van der Waals surface area contributed by atoms with Gasteiger partial charge in [0, 0.05) is 19.4 Å². The summed E-state index contributed by atoms with van der Waals surface area (Å²) in [6.07, 6.45) is 3.42. The number of hydrogen-bond donors (Lipinski definition) is 2. The predicted molar refractivity (Wildman–Crippen MR) is 56.3 cm³/mol. The van der Waals surface area contributed by atoms with Crippen LogP contribution in [0.25, 0.3) is 0 Å². The summed E-state index contributed by atoms with van der Waals surface area (Å²) in [5.74, 6) is -0.421. The van der Waals surface area contributed by atoms with E-state index in [2.05, 4.69) is 4.98 Å². The van der Waals surface area contributed by atoms with Crippen LogP contribution < -0.4 is 11.1 Å². The zero-order chi connectivity index (χ0) is 11.4. The quantitative estimate of drug-likeness (QED) is 0.718.